The quantitative estimate of drug-likeness (QED) is 0.538. The van der Waals surface area contributed by atoms with Crippen LogP contribution in [0.3, 0.4) is 0 Å². The van der Waals surface area contributed by atoms with Crippen LogP contribution < -0.4 is 5.32 Å². The Bertz CT molecular complexity index is 1230. The maximum Gasteiger partial charge on any atom is 0.252 e. The van der Waals surface area contributed by atoms with Crippen molar-refractivity contribution in [3.05, 3.63) is 76.5 Å². The Kier molecular flexibility index (Phi) is 5.37. The van der Waals surface area contributed by atoms with Crippen LogP contribution in [0.25, 0.3) is 11.6 Å². The molecule has 0 saturated carbocycles. The molecule has 1 N–H and O–H groups in total. The van der Waals surface area contributed by atoms with Crippen LogP contribution in [-0.2, 0) is 11.2 Å². The van der Waals surface area contributed by atoms with Gasteiger partial charge >= 0.3 is 0 Å². The smallest absolute Gasteiger partial charge is 0.252 e. The molecular weight excluding hydrogens is 390 g/mol. The van der Waals surface area contributed by atoms with Gasteiger partial charge in [-0.1, -0.05) is 18.2 Å². The van der Waals surface area contributed by atoms with E-state index in [0.29, 0.717) is 11.8 Å². The van der Waals surface area contributed by atoms with Gasteiger partial charge in [0.15, 0.2) is 0 Å². The molecule has 0 aliphatic rings. The minimum absolute atomic E-state index is 0.149. The van der Waals surface area contributed by atoms with Gasteiger partial charge < -0.3 is 5.32 Å². The van der Waals surface area contributed by atoms with Gasteiger partial charge in [-0.05, 0) is 52.8 Å². The van der Waals surface area contributed by atoms with Gasteiger partial charge in [0.2, 0.25) is 5.91 Å². The number of hydrogen-bond donors (Lipinski definition) is 1. The second-order valence-electron chi connectivity index (χ2n) is 7.66. The van der Waals surface area contributed by atoms with Crippen molar-refractivity contribution in [1.29, 1.82) is 0 Å². The first kappa shape index (κ1) is 20.5. The van der Waals surface area contributed by atoms with E-state index in [1.54, 1.807) is 4.68 Å². The first-order chi connectivity index (χ1) is 14.8. The van der Waals surface area contributed by atoms with Crippen LogP contribution in [0.1, 0.15) is 34.0 Å². The zero-order valence-electron chi connectivity index (χ0n) is 18.3. The average molecular weight is 416 g/mol. The second kappa shape index (κ2) is 8.14. The van der Waals surface area contributed by atoms with E-state index in [4.69, 9.17) is 0 Å². The molecule has 0 unspecified atom stereocenters. The molecule has 0 atom stereocenters. The Hall–Kier alpha value is -3.81. The number of carbonyl (C=O) groups excluding carboxylic acids is 1. The van der Waals surface area contributed by atoms with Crippen molar-refractivity contribution >= 4 is 11.7 Å². The van der Waals surface area contributed by atoms with E-state index >= 15 is 0 Å². The summed E-state index contributed by atoms with van der Waals surface area (Å²) >= 11 is 0. The van der Waals surface area contributed by atoms with Gasteiger partial charge in [-0.15, -0.1) is 0 Å². The molecule has 8 nitrogen and oxygen atoms in total. The summed E-state index contributed by atoms with van der Waals surface area (Å²) in [6.07, 6.45) is 0.211. The van der Waals surface area contributed by atoms with Crippen molar-refractivity contribution in [3.8, 4) is 11.6 Å². The zero-order chi connectivity index (χ0) is 22.1. The lowest BCUT2D eigenvalue weighted by atomic mass is 10.1. The van der Waals surface area contributed by atoms with Crippen LogP contribution in [0, 0.1) is 34.6 Å². The molecule has 3 aromatic heterocycles. The standard InChI is InChI=1S/C23H25N7O/c1-14-11-15(2)25-23(24-14)30-21(12-16(3)27-30)26-22(31)13-20-17(4)28-29(18(20)5)19-9-7-6-8-10-19/h6-12H,13H2,1-5H3,(H,26,31). The monoisotopic (exact) mass is 415 g/mol. The first-order valence-electron chi connectivity index (χ1n) is 10.1. The third-order valence-electron chi connectivity index (χ3n) is 5.04. The first-order valence-corrected chi connectivity index (χ1v) is 10.1. The predicted octanol–water partition coefficient (Wildman–Crippen LogP) is 3.57. The van der Waals surface area contributed by atoms with Gasteiger partial charge in [-0.25, -0.2) is 14.6 Å². The van der Waals surface area contributed by atoms with Crippen molar-refractivity contribution < 1.29 is 4.79 Å². The minimum Gasteiger partial charge on any atom is -0.310 e. The van der Waals surface area contributed by atoms with E-state index in [1.807, 2.05) is 81.8 Å². The maximum absolute atomic E-state index is 12.9. The van der Waals surface area contributed by atoms with Crippen molar-refractivity contribution in [3.63, 3.8) is 0 Å². The van der Waals surface area contributed by atoms with Crippen molar-refractivity contribution in [2.75, 3.05) is 5.32 Å². The molecule has 4 aromatic rings. The molecule has 0 spiro atoms. The van der Waals surface area contributed by atoms with Crippen LogP contribution in [0.15, 0.2) is 42.5 Å². The summed E-state index contributed by atoms with van der Waals surface area (Å²) in [7, 11) is 0. The number of aromatic nitrogens is 6. The lowest BCUT2D eigenvalue weighted by Gasteiger charge is -2.09. The molecule has 31 heavy (non-hydrogen) atoms. The summed E-state index contributed by atoms with van der Waals surface area (Å²) in [6.45, 7) is 9.58. The Morgan fingerprint density at radius 1 is 0.871 bits per heavy atom. The molecule has 0 aliphatic carbocycles. The van der Waals surface area contributed by atoms with E-state index in [-0.39, 0.29) is 12.3 Å². The zero-order valence-corrected chi connectivity index (χ0v) is 18.3. The number of nitrogens with zero attached hydrogens (tertiary/aromatic N) is 6. The molecule has 3 heterocycles. The van der Waals surface area contributed by atoms with Gasteiger partial charge in [0.05, 0.1) is 23.5 Å². The molecule has 0 saturated heterocycles. The van der Waals surface area contributed by atoms with E-state index in [1.165, 1.54) is 0 Å². The molecule has 0 bridgehead atoms. The summed E-state index contributed by atoms with van der Waals surface area (Å²) in [5.74, 6) is 0.827. The minimum atomic E-state index is -0.149. The Balaban J connectivity index is 1.59. The molecule has 4 rings (SSSR count). The summed E-state index contributed by atoms with van der Waals surface area (Å²) in [4.78, 5) is 21.8. The third kappa shape index (κ3) is 4.23. The number of para-hydroxylation sites is 1. The van der Waals surface area contributed by atoms with Gasteiger partial charge in [0.25, 0.3) is 5.95 Å². The predicted molar refractivity (Wildman–Crippen MR) is 119 cm³/mol. The largest absolute Gasteiger partial charge is 0.310 e. The van der Waals surface area contributed by atoms with E-state index in [9.17, 15) is 4.79 Å². The number of aryl methyl sites for hydroxylation is 4. The molecule has 158 valence electrons. The van der Waals surface area contributed by atoms with Crippen LogP contribution in [-0.4, -0.2) is 35.4 Å². The lowest BCUT2D eigenvalue weighted by Crippen LogP contribution is -2.19. The number of carbonyl (C=O) groups is 1. The van der Waals surface area contributed by atoms with Gasteiger partial charge in [-0.3, -0.25) is 4.79 Å². The lowest BCUT2D eigenvalue weighted by molar-refractivity contribution is -0.115. The average Bonchev–Trinajstić information content (AvgIpc) is 3.22. The number of rotatable bonds is 5. The highest BCUT2D eigenvalue weighted by molar-refractivity contribution is 5.92. The van der Waals surface area contributed by atoms with Crippen molar-refractivity contribution in [2.24, 2.45) is 0 Å². The third-order valence-corrected chi connectivity index (χ3v) is 5.04. The fourth-order valence-corrected chi connectivity index (χ4v) is 3.64. The Labute approximate surface area is 181 Å². The topological polar surface area (TPSA) is 90.5 Å². The highest BCUT2D eigenvalue weighted by Gasteiger charge is 2.18. The number of anilines is 1. The number of hydrogen-bond acceptors (Lipinski definition) is 5. The molecule has 0 aliphatic heterocycles. The van der Waals surface area contributed by atoms with Crippen molar-refractivity contribution in [1.82, 2.24) is 29.5 Å². The molecule has 1 aromatic carbocycles. The summed E-state index contributed by atoms with van der Waals surface area (Å²) in [6, 6.07) is 13.6. The number of benzene rings is 1. The van der Waals surface area contributed by atoms with Crippen LogP contribution in [0.5, 0.6) is 0 Å². The summed E-state index contributed by atoms with van der Waals surface area (Å²) in [5, 5.41) is 12.1. The second-order valence-corrected chi connectivity index (χ2v) is 7.66. The van der Waals surface area contributed by atoms with Crippen LogP contribution >= 0.6 is 0 Å². The SMILES string of the molecule is Cc1cc(C)nc(-n2nc(C)cc2NC(=O)Cc2c(C)nn(-c3ccccc3)c2C)n1. The normalized spacial score (nSPS) is 11.0. The highest BCUT2D eigenvalue weighted by Crippen LogP contribution is 2.20. The summed E-state index contributed by atoms with van der Waals surface area (Å²) < 4.78 is 3.44. The summed E-state index contributed by atoms with van der Waals surface area (Å²) in [5.41, 5.74) is 6.10. The molecule has 0 fully saturated rings. The Morgan fingerprint density at radius 2 is 1.55 bits per heavy atom. The molecule has 0 radical (unpaired) electrons. The van der Waals surface area contributed by atoms with E-state index in [0.717, 1.165) is 39.7 Å². The van der Waals surface area contributed by atoms with E-state index in [2.05, 4.69) is 25.5 Å². The Morgan fingerprint density at radius 3 is 2.23 bits per heavy atom. The van der Waals surface area contributed by atoms with E-state index < -0.39 is 0 Å². The van der Waals surface area contributed by atoms with Crippen LogP contribution in [0.4, 0.5) is 5.82 Å². The van der Waals surface area contributed by atoms with Gasteiger partial charge in [0.1, 0.15) is 5.82 Å². The molecule has 8 heteroatoms. The fourth-order valence-electron chi connectivity index (χ4n) is 3.64. The van der Waals surface area contributed by atoms with Crippen molar-refractivity contribution in [2.45, 2.75) is 41.0 Å². The molecular formula is C23H25N7O. The number of amides is 1. The van der Waals surface area contributed by atoms with Crippen LogP contribution in [0.2, 0.25) is 0 Å². The highest BCUT2D eigenvalue weighted by atomic mass is 16.1. The maximum atomic E-state index is 12.9. The van der Waals surface area contributed by atoms with Gasteiger partial charge in [0, 0.05) is 28.7 Å². The fraction of sp³-hybridized carbons (Fsp3) is 0.261. The van der Waals surface area contributed by atoms with Gasteiger partial charge in [-0.2, -0.15) is 14.9 Å². The molecule has 1 amide bonds. The number of nitrogens with one attached hydrogen (secondary N) is 1.